The van der Waals surface area contributed by atoms with Crippen LogP contribution in [0.5, 0.6) is 0 Å². The monoisotopic (exact) mass is 341 g/mol. The summed E-state index contributed by atoms with van der Waals surface area (Å²) >= 11 is 4.73. The first-order valence-electron chi connectivity index (χ1n) is 6.82. The van der Waals surface area contributed by atoms with E-state index >= 15 is 0 Å². The van der Waals surface area contributed by atoms with E-state index in [9.17, 15) is 14.4 Å². The molecule has 0 bridgehead atoms. The van der Waals surface area contributed by atoms with E-state index in [4.69, 9.17) is 22.4 Å². The summed E-state index contributed by atoms with van der Waals surface area (Å²) in [7, 11) is 0. The molecule has 0 radical (unpaired) electrons. The third kappa shape index (κ3) is 3.08. The van der Waals surface area contributed by atoms with Crippen molar-refractivity contribution in [2.45, 2.75) is 0 Å². The summed E-state index contributed by atoms with van der Waals surface area (Å²) in [5.41, 5.74) is 6.20. The zero-order chi connectivity index (χ0) is 17.3. The number of primary amides is 1. The fourth-order valence-corrected chi connectivity index (χ4v) is 2.32. The second-order valence-corrected chi connectivity index (χ2v) is 5.35. The molecule has 0 aliphatic carbocycles. The van der Waals surface area contributed by atoms with E-state index in [2.05, 4.69) is 10.6 Å². The molecule has 0 saturated carbocycles. The van der Waals surface area contributed by atoms with E-state index in [1.54, 1.807) is 36.4 Å². The third-order valence-corrected chi connectivity index (χ3v) is 3.51. The lowest BCUT2D eigenvalue weighted by Gasteiger charge is -2.15. The van der Waals surface area contributed by atoms with E-state index < -0.39 is 17.7 Å². The van der Waals surface area contributed by atoms with Gasteiger partial charge in [0.2, 0.25) is 5.91 Å². The number of hydrogen-bond donors (Lipinski definition) is 3. The van der Waals surface area contributed by atoms with Gasteiger partial charge in [-0.3, -0.25) is 25.0 Å². The van der Waals surface area contributed by atoms with Gasteiger partial charge in [0.05, 0.1) is 0 Å². The normalized spacial score (nSPS) is 14.2. The molecular weight excluding hydrogens is 330 g/mol. The maximum Gasteiger partial charge on any atom is 0.263 e. The first-order valence-corrected chi connectivity index (χ1v) is 7.23. The Morgan fingerprint density at radius 1 is 1.04 bits per heavy atom. The zero-order valence-corrected chi connectivity index (χ0v) is 13.0. The van der Waals surface area contributed by atoms with E-state index in [1.807, 2.05) is 0 Å². The standard InChI is InChI=1S/C16H11N3O4S/c17-13(20)9-3-1-8(2-4-9)12-6-5-10(23-12)7-11-14(21)18-16(24)19-15(11)22/h1-7H,(H2,17,20)(H2,18,19,21,22,24). The van der Waals surface area contributed by atoms with Crippen LogP contribution in [0.4, 0.5) is 0 Å². The Morgan fingerprint density at radius 3 is 2.25 bits per heavy atom. The van der Waals surface area contributed by atoms with Gasteiger partial charge in [-0.05, 0) is 42.6 Å². The first kappa shape index (κ1) is 15.6. The summed E-state index contributed by atoms with van der Waals surface area (Å²) in [5, 5.41) is 4.65. The van der Waals surface area contributed by atoms with Crippen molar-refractivity contribution in [3.8, 4) is 11.3 Å². The fraction of sp³-hybridized carbons (Fsp3) is 0. The summed E-state index contributed by atoms with van der Waals surface area (Å²) in [6, 6.07) is 9.86. The van der Waals surface area contributed by atoms with Gasteiger partial charge in [-0.1, -0.05) is 12.1 Å². The molecule has 4 N–H and O–H groups in total. The summed E-state index contributed by atoms with van der Waals surface area (Å²) in [5.74, 6) is -0.846. The summed E-state index contributed by atoms with van der Waals surface area (Å²) in [6.45, 7) is 0. The highest BCUT2D eigenvalue weighted by atomic mass is 32.1. The largest absolute Gasteiger partial charge is 0.457 e. The minimum atomic E-state index is -0.590. The van der Waals surface area contributed by atoms with Crippen LogP contribution in [0.2, 0.25) is 0 Å². The smallest absolute Gasteiger partial charge is 0.263 e. The molecule has 1 aromatic carbocycles. The topological polar surface area (TPSA) is 114 Å². The molecule has 0 atom stereocenters. The van der Waals surface area contributed by atoms with Crippen LogP contribution < -0.4 is 16.4 Å². The maximum absolute atomic E-state index is 11.8. The first-order chi connectivity index (χ1) is 11.4. The summed E-state index contributed by atoms with van der Waals surface area (Å²) < 4.78 is 5.61. The van der Waals surface area contributed by atoms with E-state index in [0.717, 1.165) is 5.56 Å². The number of hydrogen-bond acceptors (Lipinski definition) is 5. The molecule has 2 aromatic rings. The van der Waals surface area contributed by atoms with E-state index in [0.29, 0.717) is 17.1 Å². The van der Waals surface area contributed by atoms with Crippen molar-refractivity contribution in [1.82, 2.24) is 10.6 Å². The predicted octanol–water partition coefficient (Wildman–Crippen LogP) is 0.960. The zero-order valence-electron chi connectivity index (χ0n) is 12.2. The van der Waals surface area contributed by atoms with Crippen molar-refractivity contribution in [2.75, 3.05) is 0 Å². The Bertz CT molecular complexity index is 874. The van der Waals surface area contributed by atoms with Gasteiger partial charge in [-0.15, -0.1) is 0 Å². The van der Waals surface area contributed by atoms with Crippen LogP contribution in [0, 0.1) is 0 Å². The van der Waals surface area contributed by atoms with Gasteiger partial charge in [0.25, 0.3) is 11.8 Å². The quantitative estimate of drug-likeness (QED) is 0.437. The van der Waals surface area contributed by atoms with Gasteiger partial charge >= 0.3 is 0 Å². The van der Waals surface area contributed by atoms with Crippen LogP contribution in [-0.4, -0.2) is 22.8 Å². The molecule has 1 aliphatic heterocycles. The third-order valence-electron chi connectivity index (χ3n) is 3.31. The van der Waals surface area contributed by atoms with E-state index in [1.165, 1.54) is 6.08 Å². The molecule has 3 rings (SSSR count). The minimum absolute atomic E-state index is 0.0307. The molecular formula is C16H11N3O4S. The van der Waals surface area contributed by atoms with Crippen molar-refractivity contribution < 1.29 is 18.8 Å². The molecule has 1 aromatic heterocycles. The van der Waals surface area contributed by atoms with Gasteiger partial charge in [0, 0.05) is 11.1 Å². The van der Waals surface area contributed by atoms with Crippen molar-refractivity contribution in [2.24, 2.45) is 5.73 Å². The number of nitrogens with one attached hydrogen (secondary N) is 2. The van der Waals surface area contributed by atoms with Crippen molar-refractivity contribution in [3.05, 3.63) is 53.3 Å². The number of furan rings is 1. The average molecular weight is 341 g/mol. The molecule has 1 aliphatic rings. The molecule has 2 heterocycles. The number of carbonyl (C=O) groups excluding carboxylic acids is 3. The van der Waals surface area contributed by atoms with E-state index in [-0.39, 0.29) is 10.7 Å². The van der Waals surface area contributed by atoms with Crippen LogP contribution in [0.15, 0.2) is 46.4 Å². The maximum atomic E-state index is 11.8. The molecule has 24 heavy (non-hydrogen) atoms. The number of carbonyl (C=O) groups is 3. The Morgan fingerprint density at radius 2 is 1.67 bits per heavy atom. The molecule has 1 saturated heterocycles. The van der Waals surface area contributed by atoms with Gasteiger partial charge in [-0.2, -0.15) is 0 Å². The molecule has 0 unspecified atom stereocenters. The van der Waals surface area contributed by atoms with Crippen LogP contribution in [0.3, 0.4) is 0 Å². The van der Waals surface area contributed by atoms with Gasteiger partial charge in [0.1, 0.15) is 17.1 Å². The van der Waals surface area contributed by atoms with Crippen LogP contribution in [0.1, 0.15) is 16.1 Å². The van der Waals surface area contributed by atoms with Crippen molar-refractivity contribution in [3.63, 3.8) is 0 Å². The van der Waals surface area contributed by atoms with Crippen LogP contribution in [-0.2, 0) is 9.59 Å². The van der Waals surface area contributed by atoms with Crippen molar-refractivity contribution >= 4 is 41.1 Å². The average Bonchev–Trinajstić information content (AvgIpc) is 2.99. The second kappa shape index (κ2) is 6.09. The highest BCUT2D eigenvalue weighted by molar-refractivity contribution is 7.80. The predicted molar refractivity (Wildman–Crippen MR) is 89.5 cm³/mol. The number of benzene rings is 1. The second-order valence-electron chi connectivity index (χ2n) is 4.94. The molecule has 120 valence electrons. The lowest BCUT2D eigenvalue weighted by molar-refractivity contribution is -0.123. The lowest BCUT2D eigenvalue weighted by atomic mass is 10.1. The molecule has 7 nitrogen and oxygen atoms in total. The molecule has 0 spiro atoms. The Kier molecular flexibility index (Phi) is 3.97. The number of amides is 3. The van der Waals surface area contributed by atoms with Crippen molar-refractivity contribution in [1.29, 1.82) is 0 Å². The Balaban J connectivity index is 1.86. The molecule has 1 fully saturated rings. The lowest BCUT2D eigenvalue weighted by Crippen LogP contribution is -2.51. The highest BCUT2D eigenvalue weighted by Crippen LogP contribution is 2.24. The fourth-order valence-electron chi connectivity index (χ4n) is 2.13. The molecule has 3 amide bonds. The minimum Gasteiger partial charge on any atom is -0.457 e. The van der Waals surface area contributed by atoms with Crippen LogP contribution in [0.25, 0.3) is 17.4 Å². The number of nitrogens with two attached hydrogens (primary N) is 1. The van der Waals surface area contributed by atoms with Crippen LogP contribution >= 0.6 is 12.2 Å². The number of thiocarbonyl (C=S) groups is 1. The molecule has 8 heteroatoms. The summed E-state index contributed by atoms with van der Waals surface area (Å²) in [4.78, 5) is 34.6. The van der Waals surface area contributed by atoms with Gasteiger partial charge in [0.15, 0.2) is 5.11 Å². The Hall–Kier alpha value is -3.26. The van der Waals surface area contributed by atoms with Gasteiger partial charge < -0.3 is 10.2 Å². The summed E-state index contributed by atoms with van der Waals surface area (Å²) in [6.07, 6.45) is 1.33. The highest BCUT2D eigenvalue weighted by Gasteiger charge is 2.26. The Labute approximate surface area is 141 Å². The van der Waals surface area contributed by atoms with Gasteiger partial charge in [-0.25, -0.2) is 0 Å². The SMILES string of the molecule is NC(=O)c1ccc(-c2ccc(C=C3C(=O)NC(=S)NC3=O)o2)cc1. The number of rotatable bonds is 3.